The number of rotatable bonds is 3. The molecule has 3 rings (SSSR count). The van der Waals surface area contributed by atoms with Gasteiger partial charge in [0.1, 0.15) is 5.82 Å². The number of aromatic nitrogens is 2. The van der Waals surface area contributed by atoms with Crippen LogP contribution in [0.5, 0.6) is 0 Å². The molecule has 92 valence electrons. The van der Waals surface area contributed by atoms with E-state index in [0.717, 1.165) is 12.0 Å². The molecule has 0 aliphatic heterocycles. The maximum absolute atomic E-state index is 12.0. The number of nitrogens with zero attached hydrogens (tertiary/aromatic N) is 1. The van der Waals surface area contributed by atoms with Crippen LogP contribution < -0.4 is 5.32 Å². The molecule has 4 heteroatoms. The topological polar surface area (TPSA) is 57.8 Å². The summed E-state index contributed by atoms with van der Waals surface area (Å²) in [6.07, 6.45) is 2.64. The van der Waals surface area contributed by atoms with E-state index in [4.69, 9.17) is 0 Å². The van der Waals surface area contributed by atoms with Gasteiger partial charge in [0.25, 0.3) is 0 Å². The normalized spacial score (nSPS) is 21.6. The fourth-order valence-electron chi connectivity index (χ4n) is 2.24. The van der Waals surface area contributed by atoms with E-state index in [1.807, 2.05) is 25.1 Å². The van der Waals surface area contributed by atoms with Gasteiger partial charge in [-0.25, -0.2) is 0 Å². The number of carbonyl (C=O) groups excluding carboxylic acids is 1. The number of aryl methyl sites for hydroxylation is 1. The van der Waals surface area contributed by atoms with Gasteiger partial charge in [-0.1, -0.05) is 30.3 Å². The summed E-state index contributed by atoms with van der Waals surface area (Å²) < 4.78 is 0. The molecule has 2 aromatic rings. The van der Waals surface area contributed by atoms with Crippen LogP contribution >= 0.6 is 0 Å². The van der Waals surface area contributed by atoms with Crippen LogP contribution in [0.4, 0.5) is 5.82 Å². The van der Waals surface area contributed by atoms with Gasteiger partial charge in [0.2, 0.25) is 5.91 Å². The van der Waals surface area contributed by atoms with Gasteiger partial charge in [0, 0.05) is 11.5 Å². The van der Waals surface area contributed by atoms with Crippen LogP contribution in [0.3, 0.4) is 0 Å². The first-order valence-corrected chi connectivity index (χ1v) is 6.11. The average Bonchev–Trinajstić information content (AvgIpc) is 3.10. The number of hydrogen-bond acceptors (Lipinski definition) is 2. The zero-order chi connectivity index (χ0) is 12.5. The third-order valence-electron chi connectivity index (χ3n) is 3.43. The molecule has 1 amide bonds. The van der Waals surface area contributed by atoms with Crippen molar-refractivity contribution in [2.45, 2.75) is 19.3 Å². The molecule has 1 saturated carbocycles. The van der Waals surface area contributed by atoms with Gasteiger partial charge < -0.3 is 5.32 Å². The number of nitrogens with one attached hydrogen (secondary N) is 2. The summed E-state index contributed by atoms with van der Waals surface area (Å²) >= 11 is 0. The Kier molecular flexibility index (Phi) is 2.63. The predicted molar refractivity (Wildman–Crippen MR) is 69.2 cm³/mol. The van der Waals surface area contributed by atoms with Crippen molar-refractivity contribution in [3.63, 3.8) is 0 Å². The summed E-state index contributed by atoms with van der Waals surface area (Å²) in [7, 11) is 0. The van der Waals surface area contributed by atoms with Gasteiger partial charge in [0.05, 0.1) is 6.20 Å². The minimum Gasteiger partial charge on any atom is -0.311 e. The van der Waals surface area contributed by atoms with E-state index in [9.17, 15) is 4.79 Å². The van der Waals surface area contributed by atoms with E-state index in [1.54, 1.807) is 6.20 Å². The molecule has 1 aromatic heterocycles. The highest BCUT2D eigenvalue weighted by molar-refractivity contribution is 5.94. The molecule has 0 spiro atoms. The van der Waals surface area contributed by atoms with Crippen molar-refractivity contribution in [1.29, 1.82) is 0 Å². The van der Waals surface area contributed by atoms with Gasteiger partial charge >= 0.3 is 0 Å². The van der Waals surface area contributed by atoms with Gasteiger partial charge in [-0.2, -0.15) is 5.10 Å². The SMILES string of the molecule is Cc1cn[nH]c1NC(=O)C1CC1c1ccccc1. The van der Waals surface area contributed by atoms with Crippen LogP contribution in [-0.4, -0.2) is 16.1 Å². The van der Waals surface area contributed by atoms with Gasteiger partial charge in [-0.3, -0.25) is 9.89 Å². The molecule has 2 unspecified atom stereocenters. The maximum atomic E-state index is 12.0. The molecule has 2 N–H and O–H groups in total. The van der Waals surface area contributed by atoms with E-state index in [0.29, 0.717) is 11.7 Å². The van der Waals surface area contributed by atoms with Gasteiger partial charge in [-0.05, 0) is 24.8 Å². The first-order valence-electron chi connectivity index (χ1n) is 6.11. The Morgan fingerprint density at radius 1 is 1.39 bits per heavy atom. The van der Waals surface area contributed by atoms with Crippen LogP contribution in [0, 0.1) is 12.8 Å². The van der Waals surface area contributed by atoms with Crippen LogP contribution in [0.25, 0.3) is 0 Å². The molecule has 4 nitrogen and oxygen atoms in total. The molecule has 0 bridgehead atoms. The minimum atomic E-state index is 0.0798. The van der Waals surface area contributed by atoms with Crippen molar-refractivity contribution < 1.29 is 4.79 Å². The Balaban J connectivity index is 1.65. The summed E-state index contributed by atoms with van der Waals surface area (Å²) in [5, 5.41) is 9.58. The highest BCUT2D eigenvalue weighted by Crippen LogP contribution is 2.47. The Bertz CT molecular complexity index is 561. The van der Waals surface area contributed by atoms with Crippen molar-refractivity contribution in [1.82, 2.24) is 10.2 Å². The molecule has 0 saturated heterocycles. The Morgan fingerprint density at radius 3 is 2.83 bits per heavy atom. The lowest BCUT2D eigenvalue weighted by Crippen LogP contribution is -2.15. The monoisotopic (exact) mass is 241 g/mol. The van der Waals surface area contributed by atoms with Crippen molar-refractivity contribution in [3.05, 3.63) is 47.7 Å². The number of benzene rings is 1. The zero-order valence-electron chi connectivity index (χ0n) is 10.2. The van der Waals surface area contributed by atoms with Crippen molar-refractivity contribution in [2.24, 2.45) is 5.92 Å². The van der Waals surface area contributed by atoms with Crippen LogP contribution in [0.2, 0.25) is 0 Å². The maximum Gasteiger partial charge on any atom is 0.229 e. The quantitative estimate of drug-likeness (QED) is 0.867. The lowest BCUT2D eigenvalue weighted by Gasteiger charge is -2.03. The number of hydrogen-bond donors (Lipinski definition) is 2. The Morgan fingerprint density at radius 2 is 2.17 bits per heavy atom. The molecule has 1 heterocycles. The van der Waals surface area contributed by atoms with Crippen molar-refractivity contribution >= 4 is 11.7 Å². The summed E-state index contributed by atoms with van der Waals surface area (Å²) in [5.41, 5.74) is 2.21. The number of amides is 1. The predicted octanol–water partition coefficient (Wildman–Crippen LogP) is 2.46. The van der Waals surface area contributed by atoms with E-state index >= 15 is 0 Å². The lowest BCUT2D eigenvalue weighted by molar-refractivity contribution is -0.117. The number of H-pyrrole nitrogens is 1. The minimum absolute atomic E-state index is 0.0798. The molecule has 1 aromatic carbocycles. The van der Waals surface area contributed by atoms with Gasteiger partial charge in [-0.15, -0.1) is 0 Å². The molecule has 18 heavy (non-hydrogen) atoms. The van der Waals surface area contributed by atoms with E-state index in [1.165, 1.54) is 5.56 Å². The highest BCUT2D eigenvalue weighted by atomic mass is 16.2. The average molecular weight is 241 g/mol. The van der Waals surface area contributed by atoms with Crippen LogP contribution in [0.15, 0.2) is 36.5 Å². The molecule has 1 aliphatic rings. The molecule has 1 fully saturated rings. The highest BCUT2D eigenvalue weighted by Gasteiger charge is 2.43. The summed E-state index contributed by atoms with van der Waals surface area (Å²) in [6, 6.07) is 10.2. The van der Waals surface area contributed by atoms with E-state index < -0.39 is 0 Å². The number of aromatic amines is 1. The molecular formula is C14H15N3O. The fraction of sp³-hybridized carbons (Fsp3) is 0.286. The second-order valence-corrected chi connectivity index (χ2v) is 4.78. The third-order valence-corrected chi connectivity index (χ3v) is 3.43. The molecule has 0 radical (unpaired) electrons. The fourth-order valence-corrected chi connectivity index (χ4v) is 2.24. The molecule has 1 aliphatic carbocycles. The first kappa shape index (κ1) is 11.0. The Labute approximate surface area is 105 Å². The number of anilines is 1. The van der Waals surface area contributed by atoms with Crippen LogP contribution in [-0.2, 0) is 4.79 Å². The summed E-state index contributed by atoms with van der Waals surface area (Å²) in [4.78, 5) is 12.0. The lowest BCUT2D eigenvalue weighted by atomic mass is 10.1. The van der Waals surface area contributed by atoms with Crippen molar-refractivity contribution in [2.75, 3.05) is 5.32 Å². The molecular weight excluding hydrogens is 226 g/mol. The summed E-state index contributed by atoms with van der Waals surface area (Å²) in [5.74, 6) is 1.25. The smallest absolute Gasteiger partial charge is 0.229 e. The van der Waals surface area contributed by atoms with Crippen molar-refractivity contribution in [3.8, 4) is 0 Å². The second-order valence-electron chi connectivity index (χ2n) is 4.78. The zero-order valence-corrected chi connectivity index (χ0v) is 10.2. The summed E-state index contributed by atoms with van der Waals surface area (Å²) in [6.45, 7) is 1.92. The third kappa shape index (κ3) is 2.01. The van der Waals surface area contributed by atoms with E-state index in [2.05, 4.69) is 27.6 Å². The second kappa shape index (κ2) is 4.29. The standard InChI is InChI=1S/C14H15N3O/c1-9-8-15-17-13(9)16-14(18)12-7-11(12)10-5-3-2-4-6-10/h2-6,8,11-12H,7H2,1H3,(H2,15,16,17,18). The first-order chi connectivity index (χ1) is 8.75. The number of carbonyl (C=O) groups is 1. The van der Waals surface area contributed by atoms with Gasteiger partial charge in [0.15, 0.2) is 0 Å². The Hall–Kier alpha value is -2.10. The molecule has 2 atom stereocenters. The largest absolute Gasteiger partial charge is 0.311 e. The van der Waals surface area contributed by atoms with E-state index in [-0.39, 0.29) is 11.8 Å². The van der Waals surface area contributed by atoms with Crippen LogP contribution in [0.1, 0.15) is 23.5 Å².